The largest absolute Gasteiger partial charge is 0.490 e. The smallest absolute Gasteiger partial charge is 0.475 e. The lowest BCUT2D eigenvalue weighted by molar-refractivity contribution is -0.192. The first kappa shape index (κ1) is 27.9. The van der Waals surface area contributed by atoms with Gasteiger partial charge < -0.3 is 20.6 Å². The van der Waals surface area contributed by atoms with Gasteiger partial charge in [-0.2, -0.15) is 13.2 Å². The summed E-state index contributed by atoms with van der Waals surface area (Å²) in [4.78, 5) is 23.6. The lowest BCUT2D eigenvalue weighted by Gasteiger charge is -2.31. The number of piperazine rings is 1. The maximum Gasteiger partial charge on any atom is 0.490 e. The molecule has 4 N–H and O–H groups in total. The Labute approximate surface area is 201 Å². The molecule has 3 rings (SSSR count). The van der Waals surface area contributed by atoms with Gasteiger partial charge in [0.05, 0.1) is 17.6 Å². The molecule has 13 heteroatoms. The molecule has 1 heterocycles. The zero-order chi connectivity index (χ0) is 26.2. The zero-order valence-corrected chi connectivity index (χ0v) is 20.0. The van der Waals surface area contributed by atoms with Gasteiger partial charge in [0.1, 0.15) is 0 Å². The van der Waals surface area contributed by atoms with Crippen molar-refractivity contribution >= 4 is 33.3 Å². The van der Waals surface area contributed by atoms with E-state index >= 15 is 0 Å². The Morgan fingerprint density at radius 1 is 1.11 bits per heavy atom. The molecule has 192 valence electrons. The van der Waals surface area contributed by atoms with Crippen molar-refractivity contribution in [2.24, 2.45) is 0 Å². The van der Waals surface area contributed by atoms with E-state index in [-0.39, 0.29) is 5.91 Å². The Balaban J connectivity index is 0.000000540. The van der Waals surface area contributed by atoms with Crippen molar-refractivity contribution in [3.05, 3.63) is 59.2 Å². The van der Waals surface area contributed by atoms with Crippen molar-refractivity contribution in [2.45, 2.75) is 19.6 Å². The SMILES string of the molecule is Cc1cccc(CNC(=O)c2ccc(N3CCNCC3)c(NS(C)(=O)=O)c2)c1.O=C(O)C(F)(F)F. The van der Waals surface area contributed by atoms with Crippen LogP contribution in [0.3, 0.4) is 0 Å². The van der Waals surface area contributed by atoms with Gasteiger partial charge in [-0.25, -0.2) is 13.2 Å². The number of aryl methyl sites for hydroxylation is 1. The maximum atomic E-state index is 12.6. The fraction of sp³-hybridized carbons (Fsp3) is 0.364. The summed E-state index contributed by atoms with van der Waals surface area (Å²) in [6.45, 7) is 5.63. The average Bonchev–Trinajstić information content (AvgIpc) is 2.77. The summed E-state index contributed by atoms with van der Waals surface area (Å²) in [5.41, 5.74) is 3.76. The second kappa shape index (κ2) is 11.9. The predicted octanol–water partition coefficient (Wildman–Crippen LogP) is 2.34. The molecule has 1 amide bonds. The highest BCUT2D eigenvalue weighted by Gasteiger charge is 2.38. The van der Waals surface area contributed by atoms with Crippen LogP contribution in [0.25, 0.3) is 0 Å². The third-order valence-electron chi connectivity index (χ3n) is 4.79. The quantitative estimate of drug-likeness (QED) is 0.464. The summed E-state index contributed by atoms with van der Waals surface area (Å²) in [5, 5.41) is 13.3. The van der Waals surface area contributed by atoms with E-state index < -0.39 is 22.2 Å². The maximum absolute atomic E-state index is 12.6. The first-order valence-electron chi connectivity index (χ1n) is 10.5. The zero-order valence-electron chi connectivity index (χ0n) is 19.1. The highest BCUT2D eigenvalue weighted by Crippen LogP contribution is 2.28. The Morgan fingerprint density at radius 2 is 1.74 bits per heavy atom. The minimum Gasteiger partial charge on any atom is -0.475 e. The van der Waals surface area contributed by atoms with Crippen LogP contribution in [0, 0.1) is 6.92 Å². The van der Waals surface area contributed by atoms with Crippen LogP contribution in [-0.2, 0) is 21.4 Å². The van der Waals surface area contributed by atoms with Crippen LogP contribution in [0.2, 0.25) is 0 Å². The van der Waals surface area contributed by atoms with Crippen LogP contribution >= 0.6 is 0 Å². The number of alkyl halides is 3. The number of nitrogens with one attached hydrogen (secondary N) is 3. The minimum absolute atomic E-state index is 0.245. The van der Waals surface area contributed by atoms with E-state index in [2.05, 4.69) is 20.3 Å². The number of amides is 1. The van der Waals surface area contributed by atoms with E-state index in [9.17, 15) is 26.4 Å². The van der Waals surface area contributed by atoms with Crippen molar-refractivity contribution < 1.29 is 36.3 Å². The number of nitrogens with zero attached hydrogens (tertiary/aromatic N) is 1. The van der Waals surface area contributed by atoms with Crippen molar-refractivity contribution in [3.63, 3.8) is 0 Å². The molecule has 0 aromatic heterocycles. The first-order valence-corrected chi connectivity index (χ1v) is 12.4. The molecule has 1 aliphatic rings. The molecule has 2 aromatic rings. The summed E-state index contributed by atoms with van der Waals surface area (Å²) in [5.74, 6) is -3.00. The molecule has 0 bridgehead atoms. The number of benzene rings is 2. The molecule has 35 heavy (non-hydrogen) atoms. The Kier molecular flexibility index (Phi) is 9.48. The number of hydrogen-bond donors (Lipinski definition) is 4. The number of carboxylic acid groups (broad SMARTS) is 1. The van der Waals surface area contributed by atoms with E-state index in [1.54, 1.807) is 18.2 Å². The van der Waals surface area contributed by atoms with Gasteiger partial charge in [-0.3, -0.25) is 9.52 Å². The third-order valence-corrected chi connectivity index (χ3v) is 5.38. The number of halogens is 3. The van der Waals surface area contributed by atoms with Gasteiger partial charge in [-0.05, 0) is 30.7 Å². The molecule has 0 radical (unpaired) electrons. The topological polar surface area (TPSA) is 128 Å². The van der Waals surface area contributed by atoms with E-state index in [0.29, 0.717) is 17.8 Å². The Hall–Kier alpha value is -3.32. The van der Waals surface area contributed by atoms with Crippen molar-refractivity contribution in [1.82, 2.24) is 10.6 Å². The molecular formula is C22H27F3N4O5S. The molecule has 2 aromatic carbocycles. The van der Waals surface area contributed by atoms with E-state index in [4.69, 9.17) is 9.90 Å². The van der Waals surface area contributed by atoms with Crippen LogP contribution in [0.4, 0.5) is 24.5 Å². The van der Waals surface area contributed by atoms with Gasteiger partial charge in [0.15, 0.2) is 0 Å². The Bertz CT molecular complexity index is 1150. The highest BCUT2D eigenvalue weighted by atomic mass is 32.2. The number of sulfonamides is 1. The molecule has 0 atom stereocenters. The fourth-order valence-electron chi connectivity index (χ4n) is 3.25. The molecule has 0 unspecified atom stereocenters. The molecule has 0 saturated carbocycles. The molecule has 0 aliphatic carbocycles. The van der Waals surface area contributed by atoms with Crippen LogP contribution in [0.1, 0.15) is 21.5 Å². The highest BCUT2D eigenvalue weighted by molar-refractivity contribution is 7.92. The summed E-state index contributed by atoms with van der Waals surface area (Å²) in [6.07, 6.45) is -3.97. The molecule has 1 fully saturated rings. The Morgan fingerprint density at radius 3 is 2.29 bits per heavy atom. The number of carbonyl (C=O) groups excluding carboxylic acids is 1. The molecule has 0 spiro atoms. The molecule has 1 saturated heterocycles. The summed E-state index contributed by atoms with van der Waals surface area (Å²) in [6, 6.07) is 13.1. The second-order valence-corrected chi connectivity index (χ2v) is 9.57. The number of anilines is 2. The standard InChI is InChI=1S/C20H26N4O3S.C2HF3O2/c1-15-4-3-5-16(12-15)14-22-20(25)17-6-7-19(24-10-8-21-9-11-24)18(13-17)23-28(2,26)27;3-2(4,5)1(6)7/h3-7,12-13,21,23H,8-11,14H2,1-2H3,(H,22,25);(H,6,7). The number of aliphatic carboxylic acids is 1. The number of hydrogen-bond acceptors (Lipinski definition) is 6. The lowest BCUT2D eigenvalue weighted by Crippen LogP contribution is -2.43. The van der Waals surface area contributed by atoms with Gasteiger partial charge in [-0.15, -0.1) is 0 Å². The number of rotatable bonds is 6. The van der Waals surface area contributed by atoms with Crippen molar-refractivity contribution in [3.8, 4) is 0 Å². The summed E-state index contributed by atoms with van der Waals surface area (Å²) in [7, 11) is -3.46. The fourth-order valence-corrected chi connectivity index (χ4v) is 3.81. The normalized spacial score (nSPS) is 13.9. The molecule has 1 aliphatic heterocycles. The number of carbonyl (C=O) groups is 2. The van der Waals surface area contributed by atoms with Crippen molar-refractivity contribution in [1.29, 1.82) is 0 Å². The predicted molar refractivity (Wildman–Crippen MR) is 126 cm³/mol. The van der Waals surface area contributed by atoms with Gasteiger partial charge in [0.2, 0.25) is 10.0 Å². The van der Waals surface area contributed by atoms with Crippen molar-refractivity contribution in [2.75, 3.05) is 42.1 Å². The van der Waals surface area contributed by atoms with Crippen LogP contribution in [-0.4, -0.2) is 64.0 Å². The molecule has 9 nitrogen and oxygen atoms in total. The monoisotopic (exact) mass is 516 g/mol. The van der Waals surface area contributed by atoms with Crippen LogP contribution in [0.15, 0.2) is 42.5 Å². The average molecular weight is 517 g/mol. The third kappa shape index (κ3) is 9.45. The van der Waals surface area contributed by atoms with Crippen LogP contribution in [0.5, 0.6) is 0 Å². The van der Waals surface area contributed by atoms with Gasteiger partial charge in [0.25, 0.3) is 5.91 Å². The minimum atomic E-state index is -5.08. The molecular weight excluding hydrogens is 489 g/mol. The van der Waals surface area contributed by atoms with E-state index in [1.165, 1.54) is 0 Å². The van der Waals surface area contributed by atoms with E-state index in [0.717, 1.165) is 49.2 Å². The summed E-state index contributed by atoms with van der Waals surface area (Å²) < 4.78 is 57.9. The van der Waals surface area contributed by atoms with Gasteiger partial charge in [-0.1, -0.05) is 29.8 Å². The first-order chi connectivity index (χ1) is 16.3. The number of carboxylic acids is 1. The van der Waals surface area contributed by atoms with Gasteiger partial charge >= 0.3 is 12.1 Å². The van der Waals surface area contributed by atoms with Gasteiger partial charge in [0, 0.05) is 38.3 Å². The van der Waals surface area contributed by atoms with E-state index in [1.807, 2.05) is 31.2 Å². The van der Waals surface area contributed by atoms with Crippen LogP contribution < -0.4 is 20.3 Å². The lowest BCUT2D eigenvalue weighted by atomic mass is 10.1. The second-order valence-electron chi connectivity index (χ2n) is 7.82. The summed E-state index contributed by atoms with van der Waals surface area (Å²) >= 11 is 0.